The van der Waals surface area contributed by atoms with E-state index in [4.69, 9.17) is 0 Å². The number of hydrogen-bond acceptors (Lipinski definition) is 3. The maximum absolute atomic E-state index is 12.2. The summed E-state index contributed by atoms with van der Waals surface area (Å²) in [7, 11) is -3.28. The van der Waals surface area contributed by atoms with Gasteiger partial charge in [0.15, 0.2) is 0 Å². The van der Waals surface area contributed by atoms with Gasteiger partial charge in [-0.3, -0.25) is 4.72 Å². The fourth-order valence-electron chi connectivity index (χ4n) is 2.01. The minimum atomic E-state index is -3.28. The van der Waals surface area contributed by atoms with Crippen molar-refractivity contribution in [1.82, 2.24) is 5.32 Å². The molecule has 1 saturated heterocycles. The quantitative estimate of drug-likeness (QED) is 0.892. The number of rotatable bonds is 3. The molecule has 0 atom stereocenters. The first-order valence-electron chi connectivity index (χ1n) is 5.97. The van der Waals surface area contributed by atoms with Crippen LogP contribution >= 0.6 is 15.9 Å². The van der Waals surface area contributed by atoms with Gasteiger partial charge in [-0.1, -0.05) is 22.0 Å². The fourth-order valence-corrected chi connectivity index (χ4v) is 3.87. The molecule has 18 heavy (non-hydrogen) atoms. The first kappa shape index (κ1) is 13.8. The van der Waals surface area contributed by atoms with Crippen molar-refractivity contribution in [3.63, 3.8) is 0 Å². The van der Waals surface area contributed by atoms with E-state index in [-0.39, 0.29) is 5.25 Å². The first-order chi connectivity index (χ1) is 8.49. The summed E-state index contributed by atoms with van der Waals surface area (Å²) in [5.41, 5.74) is 1.70. The highest BCUT2D eigenvalue weighted by Crippen LogP contribution is 2.23. The summed E-state index contributed by atoms with van der Waals surface area (Å²) >= 11 is 3.40. The van der Waals surface area contributed by atoms with Gasteiger partial charge < -0.3 is 5.32 Å². The molecule has 1 heterocycles. The van der Waals surface area contributed by atoms with E-state index in [1.165, 1.54) is 0 Å². The van der Waals surface area contributed by atoms with Crippen molar-refractivity contribution in [2.24, 2.45) is 0 Å². The van der Waals surface area contributed by atoms with Gasteiger partial charge in [-0.25, -0.2) is 8.42 Å². The maximum Gasteiger partial charge on any atom is 0.235 e. The van der Waals surface area contributed by atoms with E-state index >= 15 is 0 Å². The van der Waals surface area contributed by atoms with Gasteiger partial charge >= 0.3 is 0 Å². The molecule has 0 aromatic heterocycles. The molecular formula is C12H17BrN2O2S. The van der Waals surface area contributed by atoms with Gasteiger partial charge in [0.2, 0.25) is 10.0 Å². The minimum Gasteiger partial charge on any atom is -0.317 e. The van der Waals surface area contributed by atoms with Crippen LogP contribution in [0.1, 0.15) is 18.4 Å². The average Bonchev–Trinajstić information content (AvgIpc) is 2.35. The van der Waals surface area contributed by atoms with E-state index in [1.54, 1.807) is 12.1 Å². The number of halogens is 1. The van der Waals surface area contributed by atoms with Crippen molar-refractivity contribution >= 4 is 31.6 Å². The van der Waals surface area contributed by atoms with Crippen LogP contribution < -0.4 is 10.0 Å². The maximum atomic E-state index is 12.2. The highest BCUT2D eigenvalue weighted by Gasteiger charge is 2.27. The highest BCUT2D eigenvalue weighted by atomic mass is 79.9. The van der Waals surface area contributed by atoms with Gasteiger partial charge in [0.05, 0.1) is 5.25 Å². The van der Waals surface area contributed by atoms with Crippen molar-refractivity contribution < 1.29 is 8.42 Å². The van der Waals surface area contributed by atoms with Crippen LogP contribution in [0.5, 0.6) is 0 Å². The zero-order valence-electron chi connectivity index (χ0n) is 10.2. The van der Waals surface area contributed by atoms with Crippen LogP contribution in [0.25, 0.3) is 0 Å². The van der Waals surface area contributed by atoms with Crippen LogP contribution in [-0.2, 0) is 10.0 Å². The SMILES string of the molecule is Cc1ccc(NS(=O)(=O)C2CCNCC2)cc1Br. The van der Waals surface area contributed by atoms with Crippen molar-refractivity contribution in [3.8, 4) is 0 Å². The molecule has 4 nitrogen and oxygen atoms in total. The predicted octanol–water partition coefficient (Wildman–Crippen LogP) is 2.25. The Balaban J connectivity index is 2.13. The molecule has 1 aliphatic rings. The third-order valence-corrected chi connectivity index (χ3v) is 5.88. The second-order valence-electron chi connectivity index (χ2n) is 4.56. The molecule has 0 amide bonds. The Morgan fingerprint density at radius 1 is 1.33 bits per heavy atom. The largest absolute Gasteiger partial charge is 0.317 e. The Morgan fingerprint density at radius 2 is 2.00 bits per heavy atom. The van der Waals surface area contributed by atoms with Crippen LogP contribution in [0, 0.1) is 6.92 Å². The molecule has 100 valence electrons. The van der Waals surface area contributed by atoms with Crippen molar-refractivity contribution in [2.75, 3.05) is 17.8 Å². The lowest BCUT2D eigenvalue weighted by molar-refractivity contribution is 0.499. The summed E-state index contributed by atoms with van der Waals surface area (Å²) in [6.07, 6.45) is 1.34. The molecule has 6 heteroatoms. The Labute approximate surface area is 116 Å². The molecule has 0 saturated carbocycles. The third-order valence-electron chi connectivity index (χ3n) is 3.16. The molecule has 0 aliphatic carbocycles. The minimum absolute atomic E-state index is 0.293. The zero-order chi connectivity index (χ0) is 13.2. The Bertz CT molecular complexity index is 525. The van der Waals surface area contributed by atoms with Crippen LogP contribution in [0.3, 0.4) is 0 Å². The summed E-state index contributed by atoms with van der Waals surface area (Å²) in [6.45, 7) is 3.50. The number of hydrogen-bond donors (Lipinski definition) is 2. The molecule has 1 aliphatic heterocycles. The lowest BCUT2D eigenvalue weighted by Gasteiger charge is -2.23. The van der Waals surface area contributed by atoms with Crippen LogP contribution in [0.2, 0.25) is 0 Å². The molecule has 1 aromatic carbocycles. The first-order valence-corrected chi connectivity index (χ1v) is 8.31. The monoisotopic (exact) mass is 332 g/mol. The molecule has 0 spiro atoms. The number of piperidine rings is 1. The molecule has 0 bridgehead atoms. The highest BCUT2D eigenvalue weighted by molar-refractivity contribution is 9.10. The standard InChI is InChI=1S/C12H17BrN2O2S/c1-9-2-3-10(8-12(9)13)15-18(16,17)11-4-6-14-7-5-11/h2-3,8,11,14-15H,4-7H2,1H3. The van der Waals surface area contributed by atoms with E-state index in [0.717, 1.165) is 23.1 Å². The Morgan fingerprint density at radius 3 is 2.61 bits per heavy atom. The van der Waals surface area contributed by atoms with E-state index in [0.29, 0.717) is 18.5 Å². The van der Waals surface area contributed by atoms with Crippen LogP contribution in [0.15, 0.2) is 22.7 Å². The number of sulfonamides is 1. The van der Waals surface area contributed by atoms with E-state index in [9.17, 15) is 8.42 Å². The fraction of sp³-hybridized carbons (Fsp3) is 0.500. The summed E-state index contributed by atoms with van der Waals surface area (Å²) in [5, 5.41) is 2.87. The normalized spacial score (nSPS) is 17.7. The molecule has 0 unspecified atom stereocenters. The lowest BCUT2D eigenvalue weighted by Crippen LogP contribution is -2.38. The van der Waals surface area contributed by atoms with Crippen molar-refractivity contribution in [2.45, 2.75) is 25.0 Å². The van der Waals surface area contributed by atoms with E-state index < -0.39 is 10.0 Å². The molecule has 1 aromatic rings. The Hall–Kier alpha value is -0.590. The second kappa shape index (κ2) is 5.59. The predicted molar refractivity (Wildman–Crippen MR) is 77.3 cm³/mol. The topological polar surface area (TPSA) is 58.2 Å². The number of anilines is 1. The molecule has 2 N–H and O–H groups in total. The lowest BCUT2D eigenvalue weighted by atomic mass is 10.2. The number of aryl methyl sites for hydroxylation is 1. The molecule has 2 rings (SSSR count). The van der Waals surface area contributed by atoms with Crippen LogP contribution in [-0.4, -0.2) is 26.8 Å². The van der Waals surface area contributed by atoms with Gasteiger partial charge in [0.25, 0.3) is 0 Å². The zero-order valence-corrected chi connectivity index (χ0v) is 12.6. The number of nitrogens with one attached hydrogen (secondary N) is 2. The summed E-state index contributed by atoms with van der Waals surface area (Å²) in [6, 6.07) is 5.48. The smallest absolute Gasteiger partial charge is 0.235 e. The average molecular weight is 333 g/mol. The van der Waals surface area contributed by atoms with E-state index in [2.05, 4.69) is 26.0 Å². The molecule has 1 fully saturated rings. The summed E-state index contributed by atoms with van der Waals surface area (Å²) < 4.78 is 28.0. The number of benzene rings is 1. The van der Waals surface area contributed by atoms with Gasteiger partial charge in [0, 0.05) is 10.2 Å². The van der Waals surface area contributed by atoms with Crippen LogP contribution in [0.4, 0.5) is 5.69 Å². The van der Waals surface area contributed by atoms with E-state index in [1.807, 2.05) is 13.0 Å². The summed E-state index contributed by atoms with van der Waals surface area (Å²) in [5.74, 6) is 0. The van der Waals surface area contributed by atoms with Gasteiger partial charge in [0.1, 0.15) is 0 Å². The molecule has 0 radical (unpaired) electrons. The molecular weight excluding hydrogens is 316 g/mol. The second-order valence-corrected chi connectivity index (χ2v) is 7.38. The summed E-state index contributed by atoms with van der Waals surface area (Å²) in [4.78, 5) is 0. The Kier molecular flexibility index (Phi) is 4.29. The van der Waals surface area contributed by atoms with Crippen molar-refractivity contribution in [3.05, 3.63) is 28.2 Å². The third kappa shape index (κ3) is 3.24. The van der Waals surface area contributed by atoms with Gasteiger partial charge in [-0.05, 0) is 50.6 Å². The van der Waals surface area contributed by atoms with Gasteiger partial charge in [-0.2, -0.15) is 0 Å². The van der Waals surface area contributed by atoms with Gasteiger partial charge in [-0.15, -0.1) is 0 Å². The van der Waals surface area contributed by atoms with Crippen molar-refractivity contribution in [1.29, 1.82) is 0 Å².